The van der Waals surface area contributed by atoms with Crippen LogP contribution in [0, 0.1) is 11.3 Å². The summed E-state index contributed by atoms with van der Waals surface area (Å²) in [4.78, 5) is 23.3. The van der Waals surface area contributed by atoms with E-state index in [1.54, 1.807) is 18.3 Å². The molecule has 7 heteroatoms. The van der Waals surface area contributed by atoms with Gasteiger partial charge in [-0.2, -0.15) is 5.26 Å². The fraction of sp³-hybridized carbons (Fsp3) is 0.350. The van der Waals surface area contributed by atoms with Crippen molar-refractivity contribution >= 4 is 17.4 Å². The Labute approximate surface area is 158 Å². The second-order valence-electron chi connectivity index (χ2n) is 6.61. The Morgan fingerprint density at radius 3 is 2.74 bits per heavy atom. The van der Waals surface area contributed by atoms with Gasteiger partial charge in [-0.15, -0.1) is 0 Å². The van der Waals surface area contributed by atoms with Gasteiger partial charge in [0, 0.05) is 32.4 Å². The summed E-state index contributed by atoms with van der Waals surface area (Å²) in [6.45, 7) is 4.51. The third-order valence-electron chi connectivity index (χ3n) is 4.97. The average molecular weight is 363 g/mol. The highest BCUT2D eigenvalue weighted by Crippen LogP contribution is 2.31. The lowest BCUT2D eigenvalue weighted by Crippen LogP contribution is -2.51. The molecule has 2 aliphatic heterocycles. The Morgan fingerprint density at radius 1 is 1.11 bits per heavy atom. The number of piperazine rings is 1. The number of rotatable bonds is 3. The van der Waals surface area contributed by atoms with Crippen molar-refractivity contribution in [1.82, 2.24) is 9.88 Å². The summed E-state index contributed by atoms with van der Waals surface area (Å²) in [5.74, 6) is 1.59. The largest absolute Gasteiger partial charge is 0.490 e. The highest BCUT2D eigenvalue weighted by Gasteiger charge is 2.27. The van der Waals surface area contributed by atoms with Gasteiger partial charge in [0.2, 0.25) is 5.91 Å². The zero-order chi connectivity index (χ0) is 18.6. The lowest BCUT2D eigenvalue weighted by atomic mass is 10.2. The van der Waals surface area contributed by atoms with E-state index < -0.39 is 0 Å². The molecule has 1 aromatic heterocycles. The summed E-state index contributed by atoms with van der Waals surface area (Å²) in [6, 6.07) is 13.4. The van der Waals surface area contributed by atoms with Crippen LogP contribution in [0.15, 0.2) is 42.6 Å². The van der Waals surface area contributed by atoms with E-state index in [2.05, 4.69) is 20.9 Å². The predicted octanol–water partition coefficient (Wildman–Crippen LogP) is 1.50. The van der Waals surface area contributed by atoms with Crippen molar-refractivity contribution in [1.29, 1.82) is 5.26 Å². The Bertz CT molecular complexity index is 871. The lowest BCUT2D eigenvalue weighted by molar-refractivity contribution is -0.120. The molecule has 0 radical (unpaired) electrons. The molecule has 2 aliphatic rings. The summed E-state index contributed by atoms with van der Waals surface area (Å²) < 4.78 is 5.63. The summed E-state index contributed by atoms with van der Waals surface area (Å²) in [5.41, 5.74) is 1.44. The van der Waals surface area contributed by atoms with E-state index in [9.17, 15) is 10.1 Å². The molecular weight excluding hydrogens is 342 g/mol. The monoisotopic (exact) mass is 363 g/mol. The topological polar surface area (TPSA) is 72.7 Å². The highest BCUT2D eigenvalue weighted by atomic mass is 16.5. The molecule has 4 rings (SSSR count). The number of para-hydroxylation sites is 2. The molecule has 1 aromatic carbocycles. The fourth-order valence-electron chi connectivity index (χ4n) is 3.56. The molecule has 0 atom stereocenters. The molecule has 2 aromatic rings. The maximum Gasteiger partial charge on any atom is 0.241 e. The Balaban J connectivity index is 1.37. The molecular formula is C20H21N5O2. The molecule has 0 saturated carbocycles. The molecule has 138 valence electrons. The Kier molecular flexibility index (Phi) is 4.90. The number of carbonyl (C=O) groups excluding carboxylic acids is 1. The maximum absolute atomic E-state index is 12.8. The van der Waals surface area contributed by atoms with Crippen LogP contribution in [0.3, 0.4) is 0 Å². The lowest BCUT2D eigenvalue weighted by Gasteiger charge is -2.37. The maximum atomic E-state index is 12.8. The molecule has 0 bridgehead atoms. The van der Waals surface area contributed by atoms with Gasteiger partial charge in [-0.05, 0) is 24.3 Å². The molecule has 27 heavy (non-hydrogen) atoms. The molecule has 0 aliphatic carbocycles. The fourth-order valence-corrected chi connectivity index (χ4v) is 3.56. The number of benzene rings is 1. The van der Waals surface area contributed by atoms with E-state index in [-0.39, 0.29) is 5.91 Å². The number of fused-ring (bicyclic) bond motifs is 1. The van der Waals surface area contributed by atoms with Gasteiger partial charge in [0.25, 0.3) is 0 Å². The molecule has 1 fully saturated rings. The van der Waals surface area contributed by atoms with Crippen LogP contribution in [0.1, 0.15) is 5.56 Å². The average Bonchev–Trinajstić information content (AvgIpc) is 2.74. The van der Waals surface area contributed by atoms with Gasteiger partial charge in [-0.25, -0.2) is 4.98 Å². The van der Waals surface area contributed by atoms with Crippen LogP contribution in [0.4, 0.5) is 11.5 Å². The van der Waals surface area contributed by atoms with Crippen LogP contribution in [0.2, 0.25) is 0 Å². The number of anilines is 2. The second kappa shape index (κ2) is 7.64. The number of amides is 1. The summed E-state index contributed by atoms with van der Waals surface area (Å²) in [7, 11) is 0. The molecule has 3 heterocycles. The number of pyridine rings is 1. The number of hydrogen-bond donors (Lipinski definition) is 0. The van der Waals surface area contributed by atoms with Crippen molar-refractivity contribution in [2.75, 3.05) is 55.7 Å². The molecule has 7 nitrogen and oxygen atoms in total. The molecule has 1 saturated heterocycles. The highest BCUT2D eigenvalue weighted by molar-refractivity contribution is 5.96. The van der Waals surface area contributed by atoms with Crippen molar-refractivity contribution in [3.63, 3.8) is 0 Å². The smallest absolute Gasteiger partial charge is 0.241 e. The minimum absolute atomic E-state index is 0.0924. The van der Waals surface area contributed by atoms with Gasteiger partial charge in [0.05, 0.1) is 24.3 Å². The number of carbonyl (C=O) groups is 1. The standard InChI is InChI=1S/C20H21N5O2/c21-14-16-4-3-7-22-20(16)24-10-8-23(9-11-24)15-19(26)25-12-13-27-18-6-2-1-5-17(18)25/h1-7H,8-13,15H2. The van der Waals surface area contributed by atoms with E-state index in [0.717, 1.165) is 43.4 Å². The van der Waals surface area contributed by atoms with E-state index >= 15 is 0 Å². The minimum Gasteiger partial charge on any atom is -0.490 e. The van der Waals surface area contributed by atoms with Gasteiger partial charge in [0.1, 0.15) is 24.2 Å². The van der Waals surface area contributed by atoms with Crippen LogP contribution in [0.5, 0.6) is 5.75 Å². The van der Waals surface area contributed by atoms with Gasteiger partial charge < -0.3 is 14.5 Å². The first-order valence-corrected chi connectivity index (χ1v) is 9.11. The zero-order valence-corrected chi connectivity index (χ0v) is 15.0. The quantitative estimate of drug-likeness (QED) is 0.823. The Hall–Kier alpha value is -3.11. The van der Waals surface area contributed by atoms with Gasteiger partial charge in [-0.3, -0.25) is 9.69 Å². The number of hydrogen-bond acceptors (Lipinski definition) is 6. The number of nitriles is 1. The normalized spacial score (nSPS) is 17.0. The van der Waals surface area contributed by atoms with Gasteiger partial charge in [0.15, 0.2) is 0 Å². The third-order valence-corrected chi connectivity index (χ3v) is 4.97. The van der Waals surface area contributed by atoms with Crippen LogP contribution in [0.25, 0.3) is 0 Å². The summed E-state index contributed by atoms with van der Waals surface area (Å²) in [5, 5.41) is 9.26. The molecule has 0 spiro atoms. The van der Waals surface area contributed by atoms with E-state index in [4.69, 9.17) is 4.74 Å². The first-order valence-electron chi connectivity index (χ1n) is 9.11. The molecule has 0 unspecified atom stereocenters. The zero-order valence-electron chi connectivity index (χ0n) is 15.0. The van der Waals surface area contributed by atoms with E-state index in [1.807, 2.05) is 29.2 Å². The van der Waals surface area contributed by atoms with Crippen molar-refractivity contribution in [3.8, 4) is 11.8 Å². The first-order chi connectivity index (χ1) is 13.3. The third kappa shape index (κ3) is 3.57. The Morgan fingerprint density at radius 2 is 1.93 bits per heavy atom. The summed E-state index contributed by atoms with van der Waals surface area (Å²) in [6.07, 6.45) is 1.71. The predicted molar refractivity (Wildman–Crippen MR) is 102 cm³/mol. The second-order valence-corrected chi connectivity index (χ2v) is 6.61. The SMILES string of the molecule is N#Cc1cccnc1N1CCN(CC(=O)N2CCOc3ccccc32)CC1. The van der Waals surface area contributed by atoms with Gasteiger partial charge in [-0.1, -0.05) is 12.1 Å². The first kappa shape index (κ1) is 17.3. The van der Waals surface area contributed by atoms with E-state index in [0.29, 0.717) is 25.3 Å². The van der Waals surface area contributed by atoms with E-state index in [1.165, 1.54) is 0 Å². The van der Waals surface area contributed by atoms with Crippen molar-refractivity contribution in [2.45, 2.75) is 0 Å². The summed E-state index contributed by atoms with van der Waals surface area (Å²) >= 11 is 0. The van der Waals surface area contributed by atoms with Crippen molar-refractivity contribution < 1.29 is 9.53 Å². The van der Waals surface area contributed by atoms with Crippen LogP contribution in [-0.2, 0) is 4.79 Å². The van der Waals surface area contributed by atoms with Crippen LogP contribution >= 0.6 is 0 Å². The number of ether oxygens (including phenoxy) is 1. The number of aromatic nitrogens is 1. The van der Waals surface area contributed by atoms with Crippen LogP contribution < -0.4 is 14.5 Å². The van der Waals surface area contributed by atoms with Crippen molar-refractivity contribution in [3.05, 3.63) is 48.2 Å². The number of nitrogens with zero attached hydrogens (tertiary/aromatic N) is 5. The van der Waals surface area contributed by atoms with Crippen molar-refractivity contribution in [2.24, 2.45) is 0 Å². The minimum atomic E-state index is 0.0924. The van der Waals surface area contributed by atoms with Crippen LogP contribution in [-0.4, -0.2) is 61.7 Å². The molecule has 1 amide bonds. The molecule has 0 N–H and O–H groups in total. The van der Waals surface area contributed by atoms with Gasteiger partial charge >= 0.3 is 0 Å².